The van der Waals surface area contributed by atoms with Crippen molar-refractivity contribution in [3.05, 3.63) is 12.2 Å². The van der Waals surface area contributed by atoms with E-state index >= 15 is 0 Å². The van der Waals surface area contributed by atoms with Gasteiger partial charge in [-0.15, -0.1) is 0 Å². The summed E-state index contributed by atoms with van der Waals surface area (Å²) in [6.45, 7) is 10.9. The van der Waals surface area contributed by atoms with Crippen molar-refractivity contribution >= 4 is 5.91 Å². The minimum absolute atomic E-state index is 0.0730. The van der Waals surface area contributed by atoms with Crippen molar-refractivity contribution in [3.8, 4) is 0 Å². The molecule has 0 spiro atoms. The zero-order chi connectivity index (χ0) is 11.3. The third kappa shape index (κ3) is 5.02. The number of carbonyl (C=O) groups is 1. The van der Waals surface area contributed by atoms with E-state index < -0.39 is 0 Å². The molecule has 2 N–H and O–H groups in total. The van der Waals surface area contributed by atoms with Crippen molar-refractivity contribution in [1.29, 1.82) is 0 Å². The molecule has 0 aliphatic heterocycles. The Bertz CT molecular complexity index is 211. The molecule has 82 valence electrons. The van der Waals surface area contributed by atoms with Crippen LogP contribution in [0.15, 0.2) is 12.2 Å². The SMILES string of the molecule is C=C(C)C(=O)NC(C)CC(C)C(C)O. The molecular weight excluding hydrogens is 178 g/mol. The van der Waals surface area contributed by atoms with Gasteiger partial charge in [-0.2, -0.15) is 0 Å². The Morgan fingerprint density at radius 1 is 1.43 bits per heavy atom. The smallest absolute Gasteiger partial charge is 0.246 e. The molecule has 0 aromatic rings. The van der Waals surface area contributed by atoms with Gasteiger partial charge in [-0.1, -0.05) is 13.5 Å². The highest BCUT2D eigenvalue weighted by Gasteiger charge is 2.14. The molecule has 0 aromatic heterocycles. The van der Waals surface area contributed by atoms with Crippen LogP contribution in [-0.2, 0) is 4.79 Å². The molecule has 0 rings (SSSR count). The molecule has 0 heterocycles. The second-order valence-electron chi connectivity index (χ2n) is 4.11. The van der Waals surface area contributed by atoms with E-state index in [0.29, 0.717) is 5.57 Å². The van der Waals surface area contributed by atoms with Crippen molar-refractivity contribution < 1.29 is 9.90 Å². The molecule has 3 unspecified atom stereocenters. The van der Waals surface area contributed by atoms with Crippen LogP contribution < -0.4 is 5.32 Å². The van der Waals surface area contributed by atoms with E-state index in [2.05, 4.69) is 11.9 Å². The number of carbonyl (C=O) groups excluding carboxylic acids is 1. The molecule has 0 aliphatic carbocycles. The molecule has 0 radical (unpaired) electrons. The number of aliphatic hydroxyl groups is 1. The molecule has 3 nitrogen and oxygen atoms in total. The zero-order valence-corrected chi connectivity index (χ0v) is 9.50. The number of rotatable bonds is 5. The summed E-state index contributed by atoms with van der Waals surface area (Å²) in [6, 6.07) is 0.0730. The first-order valence-electron chi connectivity index (χ1n) is 4.99. The van der Waals surface area contributed by atoms with Gasteiger partial charge >= 0.3 is 0 Å². The molecule has 1 amide bonds. The fourth-order valence-corrected chi connectivity index (χ4v) is 1.16. The lowest BCUT2D eigenvalue weighted by molar-refractivity contribution is -0.118. The highest BCUT2D eigenvalue weighted by Crippen LogP contribution is 2.10. The fraction of sp³-hybridized carbons (Fsp3) is 0.727. The van der Waals surface area contributed by atoms with Crippen molar-refractivity contribution in [1.82, 2.24) is 5.32 Å². The first-order chi connectivity index (χ1) is 6.34. The van der Waals surface area contributed by atoms with Crippen LogP contribution in [0.1, 0.15) is 34.1 Å². The van der Waals surface area contributed by atoms with Crippen molar-refractivity contribution in [3.63, 3.8) is 0 Å². The summed E-state index contributed by atoms with van der Waals surface area (Å²) in [5.41, 5.74) is 0.515. The van der Waals surface area contributed by atoms with E-state index in [9.17, 15) is 9.90 Å². The minimum Gasteiger partial charge on any atom is -0.393 e. The summed E-state index contributed by atoms with van der Waals surface area (Å²) in [6.07, 6.45) is 0.440. The number of hydrogen-bond donors (Lipinski definition) is 2. The molecule has 0 saturated heterocycles. The standard InChI is InChI=1S/C11H21NO2/c1-7(2)11(14)12-9(4)6-8(3)10(5)13/h8-10,13H,1,6H2,2-5H3,(H,12,14). The summed E-state index contributed by atoms with van der Waals surface area (Å²) in [4.78, 5) is 11.2. The maximum absolute atomic E-state index is 11.2. The van der Waals surface area contributed by atoms with Crippen molar-refractivity contribution in [2.75, 3.05) is 0 Å². The summed E-state index contributed by atoms with van der Waals surface area (Å²) in [5, 5.41) is 12.1. The number of aliphatic hydroxyl groups excluding tert-OH is 1. The highest BCUT2D eigenvalue weighted by molar-refractivity contribution is 5.92. The lowest BCUT2D eigenvalue weighted by Gasteiger charge is -2.20. The van der Waals surface area contributed by atoms with E-state index in [4.69, 9.17) is 0 Å². The zero-order valence-electron chi connectivity index (χ0n) is 9.50. The molecule has 0 fully saturated rings. The molecule has 3 heteroatoms. The first kappa shape index (κ1) is 13.2. The number of amides is 1. The lowest BCUT2D eigenvalue weighted by atomic mass is 9.98. The van der Waals surface area contributed by atoms with E-state index in [-0.39, 0.29) is 24.0 Å². The Kier molecular flexibility index (Phi) is 5.46. The molecule has 0 aliphatic rings. The monoisotopic (exact) mass is 199 g/mol. The maximum atomic E-state index is 11.2. The van der Waals surface area contributed by atoms with Crippen LogP contribution >= 0.6 is 0 Å². The predicted octanol–water partition coefficient (Wildman–Crippen LogP) is 1.47. The Balaban J connectivity index is 3.92. The van der Waals surface area contributed by atoms with Crippen LogP contribution in [0.3, 0.4) is 0 Å². The quantitative estimate of drug-likeness (QED) is 0.659. The van der Waals surface area contributed by atoms with Gasteiger partial charge < -0.3 is 10.4 Å². The van der Waals surface area contributed by atoms with Gasteiger partial charge in [-0.3, -0.25) is 4.79 Å². The molecule has 3 atom stereocenters. The van der Waals surface area contributed by atoms with Crippen LogP contribution in [0.25, 0.3) is 0 Å². The van der Waals surface area contributed by atoms with E-state index in [1.165, 1.54) is 0 Å². The highest BCUT2D eigenvalue weighted by atomic mass is 16.3. The molecule has 0 bridgehead atoms. The Labute approximate surface area is 86.2 Å². The number of hydrogen-bond acceptors (Lipinski definition) is 2. The van der Waals surface area contributed by atoms with Crippen LogP contribution in [-0.4, -0.2) is 23.2 Å². The first-order valence-corrected chi connectivity index (χ1v) is 4.99. The number of nitrogens with one attached hydrogen (secondary N) is 1. The third-order valence-electron chi connectivity index (χ3n) is 2.31. The summed E-state index contributed by atoms with van der Waals surface area (Å²) >= 11 is 0. The Hall–Kier alpha value is -0.830. The van der Waals surface area contributed by atoms with E-state index in [1.54, 1.807) is 13.8 Å². The molecule has 0 aromatic carbocycles. The summed E-state index contributed by atoms with van der Waals surface area (Å²) in [7, 11) is 0. The van der Waals surface area contributed by atoms with Crippen LogP contribution in [0.4, 0.5) is 0 Å². The predicted molar refractivity (Wildman–Crippen MR) is 57.9 cm³/mol. The van der Waals surface area contributed by atoms with Gasteiger partial charge in [0.2, 0.25) is 5.91 Å². The molecular formula is C11H21NO2. The lowest BCUT2D eigenvalue weighted by Crippen LogP contribution is -2.35. The van der Waals surface area contributed by atoms with Gasteiger partial charge in [0.05, 0.1) is 6.10 Å². The van der Waals surface area contributed by atoms with Crippen LogP contribution in [0.5, 0.6) is 0 Å². The van der Waals surface area contributed by atoms with Crippen molar-refractivity contribution in [2.24, 2.45) is 5.92 Å². The Morgan fingerprint density at radius 3 is 2.29 bits per heavy atom. The van der Waals surface area contributed by atoms with Gasteiger partial charge in [0.25, 0.3) is 0 Å². The van der Waals surface area contributed by atoms with Gasteiger partial charge in [0.1, 0.15) is 0 Å². The van der Waals surface area contributed by atoms with Crippen molar-refractivity contribution in [2.45, 2.75) is 46.3 Å². The van der Waals surface area contributed by atoms with Gasteiger partial charge in [0.15, 0.2) is 0 Å². The summed E-state index contributed by atoms with van der Waals surface area (Å²) in [5.74, 6) is 0.0747. The van der Waals surface area contributed by atoms with Crippen LogP contribution in [0.2, 0.25) is 0 Å². The Morgan fingerprint density at radius 2 is 1.93 bits per heavy atom. The maximum Gasteiger partial charge on any atom is 0.246 e. The fourth-order valence-electron chi connectivity index (χ4n) is 1.16. The molecule has 14 heavy (non-hydrogen) atoms. The van der Waals surface area contributed by atoms with E-state index in [1.807, 2.05) is 13.8 Å². The summed E-state index contributed by atoms with van der Waals surface area (Å²) < 4.78 is 0. The average molecular weight is 199 g/mol. The van der Waals surface area contributed by atoms with Crippen LogP contribution in [0, 0.1) is 5.92 Å². The van der Waals surface area contributed by atoms with Gasteiger partial charge in [0, 0.05) is 11.6 Å². The van der Waals surface area contributed by atoms with E-state index in [0.717, 1.165) is 6.42 Å². The third-order valence-corrected chi connectivity index (χ3v) is 2.31. The minimum atomic E-state index is -0.334. The largest absolute Gasteiger partial charge is 0.393 e. The second kappa shape index (κ2) is 5.81. The second-order valence-corrected chi connectivity index (χ2v) is 4.11. The molecule has 0 saturated carbocycles. The van der Waals surface area contributed by atoms with Gasteiger partial charge in [-0.25, -0.2) is 0 Å². The topological polar surface area (TPSA) is 49.3 Å². The van der Waals surface area contributed by atoms with Gasteiger partial charge in [-0.05, 0) is 33.1 Å². The average Bonchev–Trinajstić information content (AvgIpc) is 2.03. The normalized spacial score (nSPS) is 16.9.